The maximum atomic E-state index is 12.4. The number of nitrogens with one attached hydrogen (secondary N) is 2. The van der Waals surface area contributed by atoms with Crippen LogP contribution in [0.5, 0.6) is 17.2 Å². The Morgan fingerprint density at radius 1 is 1.03 bits per heavy atom. The lowest BCUT2D eigenvalue weighted by molar-refractivity contribution is -0.118. The summed E-state index contributed by atoms with van der Waals surface area (Å²) in [6.07, 6.45) is 3.10. The molecule has 0 radical (unpaired) electrons. The second kappa shape index (κ2) is 13.3. The number of amides is 2. The summed E-state index contributed by atoms with van der Waals surface area (Å²) in [5, 5.41) is 7.31. The molecule has 8 nitrogen and oxygen atoms in total. The number of nitrogens with zero attached hydrogens (tertiary/aromatic N) is 1. The first-order valence-electron chi connectivity index (χ1n) is 10.6. The van der Waals surface area contributed by atoms with Gasteiger partial charge < -0.3 is 19.5 Å². The molecular formula is C26H23BrClN3O5. The quantitative estimate of drug-likeness (QED) is 0.181. The Labute approximate surface area is 222 Å². The van der Waals surface area contributed by atoms with Gasteiger partial charge in [-0.15, -0.1) is 0 Å². The molecule has 0 heterocycles. The molecule has 2 amide bonds. The Hall–Kier alpha value is -3.82. The summed E-state index contributed by atoms with van der Waals surface area (Å²) in [6.45, 7) is 3.75. The van der Waals surface area contributed by atoms with E-state index in [4.69, 9.17) is 25.8 Å². The standard InChI is InChI=1S/C26H23BrClN3O5/c1-3-12-35-23-11-5-18(14-24(23)34-2)26(33)31-29-15-17-4-10-22(21(27)13-17)36-16-25(32)30-20-8-6-19(28)7-9-20/h3-11,13-15H,1,12,16H2,2H3,(H,30,32)(H,31,33)/b29-15+. The van der Waals surface area contributed by atoms with Crippen LogP contribution in [0.4, 0.5) is 5.69 Å². The third kappa shape index (κ3) is 7.86. The number of benzene rings is 3. The van der Waals surface area contributed by atoms with Crippen LogP contribution >= 0.6 is 27.5 Å². The van der Waals surface area contributed by atoms with E-state index in [2.05, 4.69) is 38.4 Å². The fraction of sp³-hybridized carbons (Fsp3) is 0.115. The Balaban J connectivity index is 1.53. The molecule has 3 aromatic carbocycles. The maximum Gasteiger partial charge on any atom is 0.271 e. The normalized spacial score (nSPS) is 10.5. The molecular weight excluding hydrogens is 550 g/mol. The second-order valence-electron chi connectivity index (χ2n) is 7.20. The molecule has 0 saturated heterocycles. The summed E-state index contributed by atoms with van der Waals surface area (Å²) < 4.78 is 17.0. The Morgan fingerprint density at radius 3 is 2.47 bits per heavy atom. The van der Waals surface area contributed by atoms with Crippen molar-refractivity contribution in [2.75, 3.05) is 25.6 Å². The first-order chi connectivity index (χ1) is 17.4. The number of carbonyl (C=O) groups is 2. The molecule has 0 saturated carbocycles. The van der Waals surface area contributed by atoms with Crippen molar-refractivity contribution in [3.05, 3.63) is 93.9 Å². The van der Waals surface area contributed by atoms with Gasteiger partial charge in [0.15, 0.2) is 18.1 Å². The van der Waals surface area contributed by atoms with Gasteiger partial charge in [0.1, 0.15) is 12.4 Å². The molecule has 0 aromatic heterocycles. The third-order valence-electron chi connectivity index (χ3n) is 4.60. The predicted molar refractivity (Wildman–Crippen MR) is 143 cm³/mol. The number of methoxy groups -OCH3 is 1. The van der Waals surface area contributed by atoms with Crippen LogP contribution in [0.15, 0.2) is 82.9 Å². The highest BCUT2D eigenvalue weighted by molar-refractivity contribution is 9.10. The van der Waals surface area contributed by atoms with Gasteiger partial charge in [0.05, 0.1) is 17.8 Å². The van der Waals surface area contributed by atoms with Crippen LogP contribution in [0.3, 0.4) is 0 Å². The number of hydrogen-bond acceptors (Lipinski definition) is 6. The number of rotatable bonds is 11. The molecule has 0 aliphatic rings. The first-order valence-corrected chi connectivity index (χ1v) is 11.8. The number of hydrogen-bond donors (Lipinski definition) is 2. The van der Waals surface area contributed by atoms with E-state index in [0.29, 0.717) is 50.2 Å². The zero-order valence-electron chi connectivity index (χ0n) is 19.3. The molecule has 0 fully saturated rings. The van der Waals surface area contributed by atoms with Gasteiger partial charge in [-0.05, 0) is 82.2 Å². The average Bonchev–Trinajstić information content (AvgIpc) is 2.88. The van der Waals surface area contributed by atoms with E-state index in [9.17, 15) is 9.59 Å². The average molecular weight is 573 g/mol. The van der Waals surface area contributed by atoms with Gasteiger partial charge in [-0.3, -0.25) is 9.59 Å². The van der Waals surface area contributed by atoms with E-state index < -0.39 is 5.91 Å². The Kier molecular flexibility index (Phi) is 9.91. The van der Waals surface area contributed by atoms with E-state index in [-0.39, 0.29) is 12.5 Å². The fourth-order valence-electron chi connectivity index (χ4n) is 2.89. The van der Waals surface area contributed by atoms with Crippen LogP contribution in [0.25, 0.3) is 0 Å². The van der Waals surface area contributed by atoms with Gasteiger partial charge >= 0.3 is 0 Å². The largest absolute Gasteiger partial charge is 0.493 e. The lowest BCUT2D eigenvalue weighted by Crippen LogP contribution is -2.20. The molecule has 0 spiro atoms. The van der Waals surface area contributed by atoms with Gasteiger partial charge in [-0.2, -0.15) is 5.10 Å². The number of ether oxygens (including phenoxy) is 3. The molecule has 0 bridgehead atoms. The van der Waals surface area contributed by atoms with Crippen molar-refractivity contribution in [2.45, 2.75) is 0 Å². The zero-order chi connectivity index (χ0) is 25.9. The molecule has 36 heavy (non-hydrogen) atoms. The SMILES string of the molecule is C=CCOc1ccc(C(=O)N/N=C/c2ccc(OCC(=O)Nc3ccc(Cl)cc3)c(Br)c2)cc1OC. The van der Waals surface area contributed by atoms with Crippen LogP contribution in [-0.4, -0.2) is 38.4 Å². The van der Waals surface area contributed by atoms with Crippen LogP contribution in [0.2, 0.25) is 5.02 Å². The molecule has 2 N–H and O–H groups in total. The van der Waals surface area contributed by atoms with Crippen LogP contribution in [0.1, 0.15) is 15.9 Å². The number of carbonyl (C=O) groups excluding carboxylic acids is 2. The van der Waals surface area contributed by atoms with Gasteiger partial charge in [-0.1, -0.05) is 24.3 Å². The van der Waals surface area contributed by atoms with Crippen molar-refractivity contribution in [1.82, 2.24) is 5.43 Å². The van der Waals surface area contributed by atoms with Crippen molar-refractivity contribution in [3.63, 3.8) is 0 Å². The molecule has 3 aromatic rings. The van der Waals surface area contributed by atoms with E-state index >= 15 is 0 Å². The highest BCUT2D eigenvalue weighted by atomic mass is 79.9. The predicted octanol–water partition coefficient (Wildman–Crippen LogP) is 5.46. The summed E-state index contributed by atoms with van der Waals surface area (Å²) in [6, 6.07) is 16.8. The van der Waals surface area contributed by atoms with Gasteiger partial charge in [-0.25, -0.2) is 5.43 Å². The second-order valence-corrected chi connectivity index (χ2v) is 8.49. The van der Waals surface area contributed by atoms with Crippen molar-refractivity contribution in [3.8, 4) is 17.2 Å². The van der Waals surface area contributed by atoms with Gasteiger partial charge in [0, 0.05) is 16.3 Å². The summed E-state index contributed by atoms with van der Waals surface area (Å²) in [7, 11) is 1.49. The van der Waals surface area contributed by atoms with E-state index in [1.54, 1.807) is 66.7 Å². The van der Waals surface area contributed by atoms with Crippen molar-refractivity contribution in [1.29, 1.82) is 0 Å². The third-order valence-corrected chi connectivity index (χ3v) is 5.48. The molecule has 0 aliphatic heterocycles. The minimum Gasteiger partial charge on any atom is -0.493 e. The van der Waals surface area contributed by atoms with E-state index in [1.165, 1.54) is 13.3 Å². The highest BCUT2D eigenvalue weighted by Crippen LogP contribution is 2.28. The van der Waals surface area contributed by atoms with Crippen LogP contribution in [-0.2, 0) is 4.79 Å². The topological polar surface area (TPSA) is 98.3 Å². The zero-order valence-corrected chi connectivity index (χ0v) is 21.6. The van der Waals surface area contributed by atoms with E-state index in [1.807, 2.05) is 0 Å². The van der Waals surface area contributed by atoms with E-state index in [0.717, 1.165) is 0 Å². The summed E-state index contributed by atoms with van der Waals surface area (Å²) in [4.78, 5) is 24.5. The minimum atomic E-state index is -0.412. The van der Waals surface area contributed by atoms with Crippen molar-refractivity contribution in [2.24, 2.45) is 5.10 Å². The van der Waals surface area contributed by atoms with Gasteiger partial charge in [0.25, 0.3) is 11.8 Å². The summed E-state index contributed by atoms with van der Waals surface area (Å²) in [5.74, 6) is 0.690. The smallest absolute Gasteiger partial charge is 0.271 e. The highest BCUT2D eigenvalue weighted by Gasteiger charge is 2.11. The molecule has 10 heteroatoms. The number of anilines is 1. The lowest BCUT2D eigenvalue weighted by atomic mass is 10.2. The Bertz CT molecular complexity index is 1260. The number of halogens is 2. The molecule has 0 atom stereocenters. The molecule has 0 unspecified atom stereocenters. The first kappa shape index (κ1) is 26.8. The van der Waals surface area contributed by atoms with Crippen molar-refractivity contribution < 1.29 is 23.8 Å². The monoisotopic (exact) mass is 571 g/mol. The summed E-state index contributed by atoms with van der Waals surface area (Å²) >= 11 is 9.26. The summed E-state index contributed by atoms with van der Waals surface area (Å²) in [5.41, 5.74) is 4.15. The van der Waals surface area contributed by atoms with Crippen molar-refractivity contribution >= 4 is 51.2 Å². The van der Waals surface area contributed by atoms with Crippen LogP contribution in [0, 0.1) is 0 Å². The Morgan fingerprint density at radius 2 is 1.78 bits per heavy atom. The molecule has 3 rings (SSSR count). The molecule has 0 aliphatic carbocycles. The van der Waals surface area contributed by atoms with Crippen LogP contribution < -0.4 is 25.0 Å². The maximum absolute atomic E-state index is 12.4. The molecule has 186 valence electrons. The fourth-order valence-corrected chi connectivity index (χ4v) is 3.53. The van der Waals surface area contributed by atoms with Gasteiger partial charge in [0.2, 0.25) is 0 Å². The number of hydrazone groups is 1. The minimum absolute atomic E-state index is 0.175. The lowest BCUT2D eigenvalue weighted by Gasteiger charge is -2.10.